The van der Waals surface area contributed by atoms with Crippen LogP contribution in [0.1, 0.15) is 16.8 Å². The lowest BCUT2D eigenvalue weighted by Crippen LogP contribution is -2.27. The molecule has 23 heavy (non-hydrogen) atoms. The van der Waals surface area contributed by atoms with Crippen LogP contribution in [-0.2, 0) is 9.47 Å². The normalized spacial score (nSPS) is 13.9. The van der Waals surface area contributed by atoms with Crippen LogP contribution in [-0.4, -0.2) is 37.7 Å². The molecule has 0 bridgehead atoms. The maximum absolute atomic E-state index is 12.4. The van der Waals surface area contributed by atoms with Crippen molar-refractivity contribution in [3.63, 3.8) is 0 Å². The molecule has 2 rings (SSSR count). The highest BCUT2D eigenvalue weighted by atomic mass is 16.5. The van der Waals surface area contributed by atoms with E-state index in [1.165, 1.54) is 21.3 Å². The van der Waals surface area contributed by atoms with Crippen molar-refractivity contribution >= 4 is 11.6 Å². The summed E-state index contributed by atoms with van der Waals surface area (Å²) in [7, 11) is 4.47. The van der Waals surface area contributed by atoms with Gasteiger partial charge in [0.15, 0.2) is 0 Å². The zero-order valence-electron chi connectivity index (χ0n) is 13.1. The molecule has 0 saturated carbocycles. The Labute approximate surface area is 133 Å². The van der Waals surface area contributed by atoms with Crippen LogP contribution < -0.4 is 10.1 Å². The van der Waals surface area contributed by atoms with Crippen LogP contribution in [0.4, 0.5) is 0 Å². The molecule has 1 aliphatic carbocycles. The number of ether oxygens (including phenoxy) is 3. The SMILES string of the molecule is COC1=CC(NC(=O)c2cccc(OC)c2)=C(OC)CC1=[N+]=[N-]. The highest BCUT2D eigenvalue weighted by molar-refractivity contribution is 5.99. The zero-order valence-corrected chi connectivity index (χ0v) is 13.1. The first-order valence-electron chi connectivity index (χ1n) is 6.82. The second kappa shape index (κ2) is 7.29. The Morgan fingerprint density at radius 3 is 2.61 bits per heavy atom. The van der Waals surface area contributed by atoms with Gasteiger partial charge in [-0.3, -0.25) is 4.79 Å². The summed E-state index contributed by atoms with van der Waals surface area (Å²) < 4.78 is 15.5. The van der Waals surface area contributed by atoms with Crippen molar-refractivity contribution in [3.05, 3.63) is 58.7 Å². The summed E-state index contributed by atoms with van der Waals surface area (Å²) in [5, 5.41) is 2.76. The monoisotopic (exact) mass is 315 g/mol. The van der Waals surface area contributed by atoms with Crippen LogP contribution in [0.5, 0.6) is 5.75 Å². The van der Waals surface area contributed by atoms with Crippen molar-refractivity contribution in [3.8, 4) is 5.75 Å². The van der Waals surface area contributed by atoms with Gasteiger partial charge in [0.1, 0.15) is 17.9 Å². The number of hydrogen-bond acceptors (Lipinski definition) is 4. The Morgan fingerprint density at radius 2 is 2.00 bits per heavy atom. The van der Waals surface area contributed by atoms with Gasteiger partial charge in [0.25, 0.3) is 5.91 Å². The first-order chi connectivity index (χ1) is 11.1. The Kier molecular flexibility index (Phi) is 5.17. The lowest BCUT2D eigenvalue weighted by molar-refractivity contribution is -0.0123. The minimum absolute atomic E-state index is 0.209. The van der Waals surface area contributed by atoms with E-state index < -0.39 is 0 Å². The molecule has 1 amide bonds. The first kappa shape index (κ1) is 16.3. The second-order valence-corrected chi connectivity index (χ2v) is 4.66. The topological polar surface area (TPSA) is 93.2 Å². The third-order valence-electron chi connectivity index (χ3n) is 3.36. The number of nitrogens with zero attached hydrogens (tertiary/aromatic N) is 2. The van der Waals surface area contributed by atoms with Gasteiger partial charge in [-0.15, -0.1) is 0 Å². The quantitative estimate of drug-likeness (QED) is 0.663. The molecule has 1 aromatic rings. The lowest BCUT2D eigenvalue weighted by atomic mass is 10.1. The van der Waals surface area contributed by atoms with Gasteiger partial charge < -0.3 is 25.1 Å². The van der Waals surface area contributed by atoms with Gasteiger partial charge in [-0.1, -0.05) is 6.07 Å². The van der Waals surface area contributed by atoms with Gasteiger partial charge in [0.05, 0.1) is 27.0 Å². The summed E-state index contributed by atoms with van der Waals surface area (Å²) in [4.78, 5) is 15.6. The number of nitrogens with one attached hydrogen (secondary N) is 1. The van der Waals surface area contributed by atoms with Crippen molar-refractivity contribution in [2.45, 2.75) is 6.42 Å². The fraction of sp³-hybridized carbons (Fsp3) is 0.250. The van der Waals surface area contributed by atoms with E-state index in [0.717, 1.165) is 0 Å². The standard InChI is InChI=1S/C16H17N3O4/c1-21-11-6-4-5-10(7-11)16(20)18-12-8-15(23-3)13(19-17)9-14(12)22-2/h4-8H,9H2,1-3H3,(H,18,20). The summed E-state index contributed by atoms with van der Waals surface area (Å²) >= 11 is 0. The van der Waals surface area contributed by atoms with E-state index in [1.807, 2.05) is 0 Å². The Morgan fingerprint density at radius 1 is 1.22 bits per heavy atom. The molecular formula is C16H17N3O4. The van der Waals surface area contributed by atoms with E-state index in [-0.39, 0.29) is 12.3 Å². The fourth-order valence-electron chi connectivity index (χ4n) is 2.14. The molecule has 120 valence electrons. The van der Waals surface area contributed by atoms with Gasteiger partial charge in [-0.2, -0.15) is 4.79 Å². The first-order valence-corrected chi connectivity index (χ1v) is 6.82. The summed E-state index contributed by atoms with van der Waals surface area (Å²) in [5.74, 6) is 1.10. The van der Waals surface area contributed by atoms with Crippen molar-refractivity contribution in [2.75, 3.05) is 21.3 Å². The van der Waals surface area contributed by atoms with Crippen molar-refractivity contribution in [1.82, 2.24) is 5.32 Å². The maximum atomic E-state index is 12.4. The van der Waals surface area contributed by atoms with Crippen LogP contribution in [0, 0.1) is 0 Å². The number of carbonyl (C=O) groups excluding carboxylic acids is 1. The molecular weight excluding hydrogens is 298 g/mol. The number of amides is 1. The minimum Gasteiger partial charge on any atom is -0.498 e. The lowest BCUT2D eigenvalue weighted by Gasteiger charge is -2.16. The number of hydrogen-bond donors (Lipinski definition) is 1. The average molecular weight is 315 g/mol. The van der Waals surface area contributed by atoms with Gasteiger partial charge in [0.2, 0.25) is 5.76 Å². The fourth-order valence-corrected chi connectivity index (χ4v) is 2.14. The third kappa shape index (κ3) is 3.59. The largest absolute Gasteiger partial charge is 0.498 e. The molecule has 7 nitrogen and oxygen atoms in total. The molecule has 7 heteroatoms. The second-order valence-electron chi connectivity index (χ2n) is 4.66. The molecule has 0 unspecified atom stereocenters. The van der Waals surface area contributed by atoms with Crippen LogP contribution in [0.3, 0.4) is 0 Å². The van der Waals surface area contributed by atoms with E-state index in [4.69, 9.17) is 19.7 Å². The third-order valence-corrected chi connectivity index (χ3v) is 3.36. The summed E-state index contributed by atoms with van der Waals surface area (Å²) in [5.41, 5.74) is 10.2. The molecule has 0 heterocycles. The number of methoxy groups -OCH3 is 3. The van der Waals surface area contributed by atoms with E-state index in [2.05, 4.69) is 10.1 Å². The average Bonchev–Trinajstić information content (AvgIpc) is 2.61. The summed E-state index contributed by atoms with van der Waals surface area (Å²) in [6.07, 6.45) is 1.76. The van der Waals surface area contributed by atoms with E-state index in [1.54, 1.807) is 30.3 Å². The van der Waals surface area contributed by atoms with E-state index >= 15 is 0 Å². The molecule has 1 aliphatic rings. The molecule has 1 aromatic carbocycles. The molecule has 0 radical (unpaired) electrons. The van der Waals surface area contributed by atoms with Crippen LogP contribution in [0.25, 0.3) is 5.53 Å². The predicted octanol–water partition coefficient (Wildman–Crippen LogP) is 1.89. The Hall–Kier alpha value is -3.05. The predicted molar refractivity (Wildman–Crippen MR) is 82.8 cm³/mol. The molecule has 1 N–H and O–H groups in total. The zero-order chi connectivity index (χ0) is 16.8. The number of carbonyl (C=O) groups is 1. The smallest absolute Gasteiger partial charge is 0.340 e. The van der Waals surface area contributed by atoms with Gasteiger partial charge in [-0.05, 0) is 18.2 Å². The van der Waals surface area contributed by atoms with Crippen LogP contribution in [0.2, 0.25) is 0 Å². The Balaban J connectivity index is 2.29. The molecule has 0 fully saturated rings. The number of benzene rings is 1. The molecule has 0 spiro atoms. The maximum Gasteiger partial charge on any atom is 0.340 e. The molecule has 0 aromatic heterocycles. The van der Waals surface area contributed by atoms with Gasteiger partial charge >= 0.3 is 5.71 Å². The van der Waals surface area contributed by atoms with Crippen molar-refractivity contribution in [1.29, 1.82) is 0 Å². The van der Waals surface area contributed by atoms with Crippen LogP contribution in [0.15, 0.2) is 47.6 Å². The molecule has 0 saturated heterocycles. The highest BCUT2D eigenvalue weighted by Gasteiger charge is 2.28. The Bertz CT molecular complexity index is 731. The van der Waals surface area contributed by atoms with Gasteiger partial charge in [0, 0.05) is 11.6 Å². The van der Waals surface area contributed by atoms with E-state index in [9.17, 15) is 4.79 Å². The summed E-state index contributed by atoms with van der Waals surface area (Å²) in [6, 6.07) is 6.79. The van der Waals surface area contributed by atoms with Crippen LogP contribution >= 0.6 is 0 Å². The summed E-state index contributed by atoms with van der Waals surface area (Å²) in [6.45, 7) is 0. The van der Waals surface area contributed by atoms with Crippen molar-refractivity contribution < 1.29 is 23.8 Å². The van der Waals surface area contributed by atoms with Crippen molar-refractivity contribution in [2.24, 2.45) is 0 Å². The van der Waals surface area contributed by atoms with E-state index in [0.29, 0.717) is 34.2 Å². The minimum atomic E-state index is -0.315. The molecule has 0 aliphatic heterocycles. The molecule has 0 atom stereocenters. The number of rotatable bonds is 5. The highest BCUT2D eigenvalue weighted by Crippen LogP contribution is 2.21. The van der Waals surface area contributed by atoms with Gasteiger partial charge in [-0.25, -0.2) is 0 Å². The number of allylic oxidation sites excluding steroid dienone is 3.